The molecule has 0 saturated carbocycles. The van der Waals surface area contributed by atoms with Crippen LogP contribution in [-0.2, 0) is 13.0 Å². The third-order valence-corrected chi connectivity index (χ3v) is 4.27. The zero-order valence-corrected chi connectivity index (χ0v) is 19.0. The van der Waals surface area contributed by atoms with Crippen molar-refractivity contribution < 1.29 is 9.13 Å². The van der Waals surface area contributed by atoms with Crippen LogP contribution in [0.15, 0.2) is 47.7 Å². The lowest BCUT2D eigenvalue weighted by Crippen LogP contribution is -2.38. The number of H-pyrrole nitrogens is 1. The first-order valence-electron chi connectivity index (χ1n) is 9.55. The molecular formula is C21H27FIN5O. The van der Waals surface area contributed by atoms with E-state index < -0.39 is 0 Å². The Kier molecular flexibility index (Phi) is 9.17. The van der Waals surface area contributed by atoms with Crippen LogP contribution in [0.1, 0.15) is 25.0 Å². The van der Waals surface area contributed by atoms with Crippen LogP contribution < -0.4 is 15.4 Å². The summed E-state index contributed by atoms with van der Waals surface area (Å²) < 4.78 is 18.7. The second-order valence-electron chi connectivity index (χ2n) is 6.31. The van der Waals surface area contributed by atoms with Crippen LogP contribution in [0.3, 0.4) is 0 Å². The van der Waals surface area contributed by atoms with Gasteiger partial charge in [0.2, 0.25) is 5.88 Å². The quantitative estimate of drug-likeness (QED) is 0.243. The number of fused-ring (bicyclic) bond motifs is 1. The molecule has 0 amide bonds. The molecular weight excluding hydrogens is 484 g/mol. The predicted octanol–water partition coefficient (Wildman–Crippen LogP) is 4.02. The Balaban J connectivity index is 0.00000300. The molecule has 0 saturated heterocycles. The summed E-state index contributed by atoms with van der Waals surface area (Å²) in [7, 11) is 0. The molecule has 0 spiro atoms. The van der Waals surface area contributed by atoms with Crippen LogP contribution in [0.2, 0.25) is 0 Å². The first kappa shape index (κ1) is 22.9. The van der Waals surface area contributed by atoms with Gasteiger partial charge in [-0.25, -0.2) is 14.4 Å². The number of aromatic amines is 1. The lowest BCUT2D eigenvalue weighted by Gasteiger charge is -2.11. The van der Waals surface area contributed by atoms with Crippen molar-refractivity contribution >= 4 is 40.8 Å². The summed E-state index contributed by atoms with van der Waals surface area (Å²) in [5.41, 5.74) is 3.00. The van der Waals surface area contributed by atoms with E-state index in [0.29, 0.717) is 19.0 Å². The largest absolute Gasteiger partial charge is 0.478 e. The summed E-state index contributed by atoms with van der Waals surface area (Å²) in [4.78, 5) is 11.9. The smallest absolute Gasteiger partial charge is 0.213 e. The fourth-order valence-electron chi connectivity index (χ4n) is 2.97. The summed E-state index contributed by atoms with van der Waals surface area (Å²) in [6, 6.07) is 8.66. The van der Waals surface area contributed by atoms with Crippen molar-refractivity contribution in [2.24, 2.45) is 4.99 Å². The number of halogens is 2. The maximum Gasteiger partial charge on any atom is 0.213 e. The topological polar surface area (TPSA) is 74.3 Å². The first-order valence-corrected chi connectivity index (χ1v) is 9.55. The van der Waals surface area contributed by atoms with Gasteiger partial charge in [0, 0.05) is 42.5 Å². The molecule has 2 heterocycles. The van der Waals surface area contributed by atoms with Gasteiger partial charge in [0.05, 0.1) is 13.2 Å². The summed E-state index contributed by atoms with van der Waals surface area (Å²) in [5, 5.41) is 7.65. The Labute approximate surface area is 187 Å². The molecule has 0 aliphatic heterocycles. The second-order valence-corrected chi connectivity index (χ2v) is 6.31. The number of hydrogen-bond acceptors (Lipinski definition) is 3. The van der Waals surface area contributed by atoms with Crippen LogP contribution >= 0.6 is 24.0 Å². The van der Waals surface area contributed by atoms with Gasteiger partial charge in [0.1, 0.15) is 5.82 Å². The number of aromatic nitrogens is 2. The van der Waals surface area contributed by atoms with Gasteiger partial charge in [0.15, 0.2) is 5.96 Å². The minimum Gasteiger partial charge on any atom is -0.478 e. The molecule has 3 rings (SSSR count). The molecule has 3 aromatic rings. The molecule has 156 valence electrons. The van der Waals surface area contributed by atoms with Gasteiger partial charge in [0.25, 0.3) is 0 Å². The fraction of sp³-hybridized carbons (Fsp3) is 0.333. The lowest BCUT2D eigenvalue weighted by atomic mass is 10.1. The molecule has 0 unspecified atom stereocenters. The number of rotatable bonds is 8. The zero-order chi connectivity index (χ0) is 19.8. The molecule has 0 aliphatic carbocycles. The summed E-state index contributed by atoms with van der Waals surface area (Å²) in [5.74, 6) is 1.14. The van der Waals surface area contributed by atoms with Crippen molar-refractivity contribution in [1.29, 1.82) is 0 Å². The van der Waals surface area contributed by atoms with Gasteiger partial charge < -0.3 is 20.4 Å². The number of benzene rings is 1. The number of hydrogen-bond donors (Lipinski definition) is 3. The Morgan fingerprint density at radius 2 is 2.07 bits per heavy atom. The van der Waals surface area contributed by atoms with Crippen molar-refractivity contribution in [2.45, 2.75) is 26.8 Å². The predicted molar refractivity (Wildman–Crippen MR) is 126 cm³/mol. The highest BCUT2D eigenvalue weighted by Gasteiger charge is 2.05. The average Bonchev–Trinajstić information content (AvgIpc) is 3.09. The Morgan fingerprint density at radius 1 is 1.21 bits per heavy atom. The van der Waals surface area contributed by atoms with Crippen molar-refractivity contribution in [3.05, 3.63) is 59.7 Å². The normalized spacial score (nSPS) is 11.2. The monoisotopic (exact) mass is 511 g/mol. The van der Waals surface area contributed by atoms with E-state index in [9.17, 15) is 4.39 Å². The van der Waals surface area contributed by atoms with Crippen LogP contribution in [0, 0.1) is 5.82 Å². The van der Waals surface area contributed by atoms with Gasteiger partial charge in [-0.2, -0.15) is 0 Å². The number of nitrogens with one attached hydrogen (secondary N) is 3. The van der Waals surface area contributed by atoms with E-state index in [1.54, 1.807) is 6.20 Å². The summed E-state index contributed by atoms with van der Waals surface area (Å²) in [6.45, 7) is 6.58. The highest BCUT2D eigenvalue weighted by atomic mass is 127. The third kappa shape index (κ3) is 6.59. The van der Waals surface area contributed by atoms with E-state index in [0.717, 1.165) is 47.5 Å². The van der Waals surface area contributed by atoms with Gasteiger partial charge in [-0.3, -0.25) is 0 Å². The minimum absolute atomic E-state index is 0. The molecule has 6 nitrogen and oxygen atoms in total. The van der Waals surface area contributed by atoms with E-state index in [-0.39, 0.29) is 29.8 Å². The number of ether oxygens (including phenoxy) is 1. The highest BCUT2D eigenvalue weighted by Crippen LogP contribution is 2.19. The van der Waals surface area contributed by atoms with Gasteiger partial charge in [-0.1, -0.05) is 0 Å². The fourth-order valence-corrected chi connectivity index (χ4v) is 2.97. The molecule has 0 atom stereocenters. The summed E-state index contributed by atoms with van der Waals surface area (Å²) >= 11 is 0. The Bertz CT molecular complexity index is 944. The van der Waals surface area contributed by atoms with Gasteiger partial charge >= 0.3 is 0 Å². The molecule has 0 fully saturated rings. The van der Waals surface area contributed by atoms with Crippen molar-refractivity contribution in [1.82, 2.24) is 20.6 Å². The first-order chi connectivity index (χ1) is 13.7. The maximum absolute atomic E-state index is 13.3. The van der Waals surface area contributed by atoms with E-state index >= 15 is 0 Å². The van der Waals surface area contributed by atoms with E-state index in [4.69, 9.17) is 4.74 Å². The Morgan fingerprint density at radius 3 is 2.86 bits per heavy atom. The minimum atomic E-state index is -0.232. The summed E-state index contributed by atoms with van der Waals surface area (Å²) in [6.07, 6.45) is 4.47. The molecule has 29 heavy (non-hydrogen) atoms. The van der Waals surface area contributed by atoms with Crippen molar-refractivity contribution in [3.8, 4) is 5.88 Å². The molecule has 0 radical (unpaired) electrons. The molecule has 1 aromatic carbocycles. The zero-order valence-electron chi connectivity index (χ0n) is 16.7. The molecule has 0 bridgehead atoms. The van der Waals surface area contributed by atoms with Crippen LogP contribution in [0.25, 0.3) is 10.9 Å². The lowest BCUT2D eigenvalue weighted by molar-refractivity contribution is 0.326. The maximum atomic E-state index is 13.3. The standard InChI is InChI=1S/C21H26FN5O.HI/c1-3-23-21(27-13-15-7-9-24-20(11-15)28-4-2)25-10-8-16-14-26-19-12-17(22)5-6-18(16)19;/h5-7,9,11-12,14,26H,3-4,8,10,13H2,1-2H3,(H2,23,25,27);1H. The number of guanidine groups is 1. The van der Waals surface area contributed by atoms with E-state index in [1.165, 1.54) is 12.1 Å². The SMILES string of the molecule is CCNC(=NCc1ccnc(OCC)c1)NCCc1c[nH]c2cc(F)ccc12.I. The van der Waals surface area contributed by atoms with Crippen molar-refractivity contribution in [3.63, 3.8) is 0 Å². The van der Waals surface area contributed by atoms with Crippen molar-refractivity contribution in [2.75, 3.05) is 19.7 Å². The van der Waals surface area contributed by atoms with E-state index in [1.807, 2.05) is 38.2 Å². The third-order valence-electron chi connectivity index (χ3n) is 4.27. The van der Waals surface area contributed by atoms with Gasteiger partial charge in [-0.15, -0.1) is 24.0 Å². The van der Waals surface area contributed by atoms with Crippen LogP contribution in [0.4, 0.5) is 4.39 Å². The Hall–Kier alpha value is -2.36. The number of nitrogens with zero attached hydrogens (tertiary/aromatic N) is 2. The molecule has 3 N–H and O–H groups in total. The number of pyridine rings is 1. The molecule has 2 aromatic heterocycles. The molecule has 0 aliphatic rings. The van der Waals surface area contributed by atoms with E-state index in [2.05, 4.69) is 25.6 Å². The van der Waals surface area contributed by atoms with Crippen LogP contribution in [-0.4, -0.2) is 35.6 Å². The van der Waals surface area contributed by atoms with Gasteiger partial charge in [-0.05, 0) is 55.7 Å². The van der Waals surface area contributed by atoms with Crippen LogP contribution in [0.5, 0.6) is 5.88 Å². The highest BCUT2D eigenvalue weighted by molar-refractivity contribution is 14.0. The molecule has 8 heteroatoms. The average molecular weight is 511 g/mol. The second kappa shape index (κ2) is 11.6. The number of aliphatic imine (C=N–C) groups is 1.